The van der Waals surface area contributed by atoms with Gasteiger partial charge in [-0.2, -0.15) is 0 Å². The van der Waals surface area contributed by atoms with Gasteiger partial charge < -0.3 is 23.8 Å². The van der Waals surface area contributed by atoms with Crippen LogP contribution in [0.2, 0.25) is 0 Å². The molecule has 1 saturated heterocycles. The van der Waals surface area contributed by atoms with Gasteiger partial charge >= 0.3 is 6.09 Å². The second-order valence-electron chi connectivity index (χ2n) is 8.02. The maximum absolute atomic E-state index is 13.0. The fourth-order valence-electron chi connectivity index (χ4n) is 4.13. The third-order valence-electron chi connectivity index (χ3n) is 5.60. The Bertz CT molecular complexity index is 900. The minimum absolute atomic E-state index is 0.0745. The molecule has 9 heteroatoms. The van der Waals surface area contributed by atoms with Crippen LogP contribution in [0.15, 0.2) is 34.9 Å². The Balaban J connectivity index is 1.23. The van der Waals surface area contributed by atoms with Crippen molar-refractivity contribution in [3.8, 4) is 5.75 Å². The molecule has 3 atom stereocenters. The van der Waals surface area contributed by atoms with Gasteiger partial charge in [0.2, 0.25) is 0 Å². The number of ether oxygens (including phenoxy) is 2. The number of carbonyl (C=O) groups excluding carboxylic acids is 2. The Kier molecular flexibility index (Phi) is 5.61. The van der Waals surface area contributed by atoms with E-state index in [4.69, 9.17) is 14.0 Å². The van der Waals surface area contributed by atoms with Crippen molar-refractivity contribution in [1.29, 1.82) is 0 Å². The Morgan fingerprint density at radius 2 is 1.87 bits per heavy atom. The molecule has 2 aliphatic rings. The average molecular weight is 417 g/mol. The third kappa shape index (κ3) is 4.39. The van der Waals surface area contributed by atoms with Crippen molar-refractivity contribution in [3.63, 3.8) is 0 Å². The number of carbonyl (C=O) groups is 2. The van der Waals surface area contributed by atoms with Crippen LogP contribution in [0.3, 0.4) is 0 Å². The number of nitrogens with zero attached hydrogens (tertiary/aromatic N) is 3. The molecule has 0 bridgehead atoms. The van der Waals surface area contributed by atoms with Crippen LogP contribution in [0.25, 0.3) is 0 Å². The van der Waals surface area contributed by atoms with Crippen molar-refractivity contribution in [2.24, 2.45) is 11.8 Å². The van der Waals surface area contributed by atoms with Crippen LogP contribution in [0.5, 0.6) is 5.75 Å². The standard InChI is InChI=1S/C21H24FN3O5/c1-24(2)20(26)19-9-18(30-23-19)12-28-21(27)25-10-13-7-17(8-14(13)11-25)29-16-5-3-15(22)4-6-16/h3-6,9,13-14,17H,7-8,10-12H2,1-2H3/t13-,14+,17-. The van der Waals surface area contributed by atoms with Crippen LogP contribution in [0.4, 0.5) is 9.18 Å². The molecule has 1 aliphatic carbocycles. The van der Waals surface area contributed by atoms with Crippen LogP contribution < -0.4 is 4.74 Å². The molecule has 30 heavy (non-hydrogen) atoms. The summed E-state index contributed by atoms with van der Waals surface area (Å²) in [6.07, 6.45) is 1.37. The van der Waals surface area contributed by atoms with Gasteiger partial charge in [-0.3, -0.25) is 4.79 Å². The van der Waals surface area contributed by atoms with Crippen molar-refractivity contribution in [3.05, 3.63) is 47.6 Å². The lowest BCUT2D eigenvalue weighted by Gasteiger charge is -2.19. The van der Waals surface area contributed by atoms with Crippen LogP contribution in [-0.4, -0.2) is 60.2 Å². The first kappa shape index (κ1) is 20.2. The van der Waals surface area contributed by atoms with E-state index in [1.807, 2.05) is 0 Å². The molecule has 160 valence electrons. The number of fused-ring (bicyclic) bond motifs is 1. The zero-order chi connectivity index (χ0) is 21.3. The van der Waals surface area contributed by atoms with E-state index in [-0.39, 0.29) is 30.1 Å². The molecule has 1 saturated carbocycles. The van der Waals surface area contributed by atoms with E-state index in [9.17, 15) is 14.0 Å². The molecule has 1 aromatic carbocycles. The lowest BCUT2D eigenvalue weighted by Crippen LogP contribution is -2.31. The second kappa shape index (κ2) is 8.33. The summed E-state index contributed by atoms with van der Waals surface area (Å²) in [5.74, 6) is 1.14. The predicted molar refractivity (Wildman–Crippen MR) is 103 cm³/mol. The van der Waals surface area contributed by atoms with Gasteiger partial charge in [-0.1, -0.05) is 5.16 Å². The summed E-state index contributed by atoms with van der Waals surface area (Å²) in [5.41, 5.74) is 0.175. The number of hydrogen-bond donors (Lipinski definition) is 0. The molecule has 4 rings (SSSR count). The summed E-state index contributed by atoms with van der Waals surface area (Å²) < 4.78 is 29.4. The molecule has 1 aliphatic heterocycles. The summed E-state index contributed by atoms with van der Waals surface area (Å²) in [5, 5.41) is 3.70. The Hall–Kier alpha value is -3.10. The highest BCUT2D eigenvalue weighted by molar-refractivity contribution is 5.91. The maximum atomic E-state index is 13.0. The highest BCUT2D eigenvalue weighted by Gasteiger charge is 2.43. The van der Waals surface area contributed by atoms with Gasteiger partial charge in [0, 0.05) is 33.3 Å². The fourth-order valence-corrected chi connectivity index (χ4v) is 4.13. The molecule has 0 unspecified atom stereocenters. The minimum atomic E-state index is -0.405. The molecule has 2 aromatic rings. The normalized spacial score (nSPS) is 22.6. The monoisotopic (exact) mass is 417 g/mol. The van der Waals surface area contributed by atoms with Crippen LogP contribution >= 0.6 is 0 Å². The molecule has 0 N–H and O–H groups in total. The summed E-state index contributed by atoms with van der Waals surface area (Å²) in [6, 6.07) is 7.52. The SMILES string of the molecule is CN(C)C(=O)c1cc(COC(=O)N2C[C@H]3C[C@@H](Oc4ccc(F)cc4)C[C@H]3C2)on1. The van der Waals surface area contributed by atoms with Crippen molar-refractivity contribution < 1.29 is 28.0 Å². The number of amides is 2. The van der Waals surface area contributed by atoms with Crippen molar-refractivity contribution >= 4 is 12.0 Å². The number of halogens is 1. The molecular weight excluding hydrogens is 393 g/mol. The zero-order valence-electron chi connectivity index (χ0n) is 16.9. The van der Waals surface area contributed by atoms with E-state index < -0.39 is 6.09 Å². The Labute approximate surface area is 173 Å². The Morgan fingerprint density at radius 1 is 1.20 bits per heavy atom. The summed E-state index contributed by atoms with van der Waals surface area (Å²) >= 11 is 0. The molecule has 0 spiro atoms. The summed E-state index contributed by atoms with van der Waals surface area (Å²) in [4.78, 5) is 27.3. The minimum Gasteiger partial charge on any atom is -0.490 e. The quantitative estimate of drug-likeness (QED) is 0.744. The van der Waals surface area contributed by atoms with Crippen molar-refractivity contribution in [2.45, 2.75) is 25.6 Å². The highest BCUT2D eigenvalue weighted by Crippen LogP contribution is 2.40. The molecule has 8 nitrogen and oxygen atoms in total. The molecule has 2 fully saturated rings. The van der Waals surface area contributed by atoms with Gasteiger partial charge in [0.15, 0.2) is 18.1 Å². The first-order chi connectivity index (χ1) is 14.4. The molecular formula is C21H24FN3O5. The molecule has 2 amide bonds. The lowest BCUT2D eigenvalue weighted by molar-refractivity contribution is 0.0813. The van der Waals surface area contributed by atoms with E-state index in [1.54, 1.807) is 31.1 Å². The van der Waals surface area contributed by atoms with E-state index in [2.05, 4.69) is 5.16 Å². The van der Waals surface area contributed by atoms with Gasteiger partial charge in [0.25, 0.3) is 5.91 Å². The van der Waals surface area contributed by atoms with Gasteiger partial charge in [-0.25, -0.2) is 9.18 Å². The third-order valence-corrected chi connectivity index (χ3v) is 5.60. The van der Waals surface area contributed by atoms with E-state index in [0.29, 0.717) is 36.4 Å². The first-order valence-corrected chi connectivity index (χ1v) is 9.90. The maximum Gasteiger partial charge on any atom is 0.410 e. The second-order valence-corrected chi connectivity index (χ2v) is 8.02. The lowest BCUT2D eigenvalue weighted by atomic mass is 10.0. The van der Waals surface area contributed by atoms with Crippen LogP contribution in [-0.2, 0) is 11.3 Å². The number of hydrogen-bond acceptors (Lipinski definition) is 6. The average Bonchev–Trinajstić information content (AvgIpc) is 3.42. The van der Waals surface area contributed by atoms with E-state index >= 15 is 0 Å². The predicted octanol–water partition coefficient (Wildman–Crippen LogP) is 2.94. The van der Waals surface area contributed by atoms with E-state index in [1.165, 1.54) is 23.1 Å². The van der Waals surface area contributed by atoms with Gasteiger partial charge in [-0.05, 0) is 48.9 Å². The van der Waals surface area contributed by atoms with Gasteiger partial charge in [0.05, 0.1) is 6.10 Å². The van der Waals surface area contributed by atoms with Gasteiger partial charge in [0.1, 0.15) is 11.6 Å². The Morgan fingerprint density at radius 3 is 2.50 bits per heavy atom. The fraction of sp³-hybridized carbons (Fsp3) is 0.476. The van der Waals surface area contributed by atoms with E-state index in [0.717, 1.165) is 12.8 Å². The number of benzene rings is 1. The molecule has 2 heterocycles. The summed E-state index contributed by atoms with van der Waals surface area (Å²) in [7, 11) is 3.24. The first-order valence-electron chi connectivity index (χ1n) is 9.90. The van der Waals surface area contributed by atoms with Crippen LogP contribution in [0, 0.1) is 17.7 Å². The number of rotatable bonds is 5. The molecule has 0 radical (unpaired) electrons. The topological polar surface area (TPSA) is 85.1 Å². The molecule has 1 aromatic heterocycles. The largest absolute Gasteiger partial charge is 0.490 e. The van der Waals surface area contributed by atoms with Crippen molar-refractivity contribution in [1.82, 2.24) is 15.0 Å². The van der Waals surface area contributed by atoms with Gasteiger partial charge in [-0.15, -0.1) is 0 Å². The highest BCUT2D eigenvalue weighted by atomic mass is 19.1. The van der Waals surface area contributed by atoms with Crippen LogP contribution in [0.1, 0.15) is 29.1 Å². The number of likely N-dealkylation sites (tertiary alicyclic amines) is 1. The zero-order valence-corrected chi connectivity index (χ0v) is 16.9. The summed E-state index contributed by atoms with van der Waals surface area (Å²) in [6.45, 7) is 1.16. The number of aromatic nitrogens is 1. The van der Waals surface area contributed by atoms with Crippen molar-refractivity contribution in [2.75, 3.05) is 27.2 Å². The smallest absolute Gasteiger partial charge is 0.410 e.